The minimum Gasteiger partial charge on any atom is -0.468 e. The largest absolute Gasteiger partial charge is 0.468 e. The van der Waals surface area contributed by atoms with Gasteiger partial charge in [0.05, 0.1) is 24.6 Å². The van der Waals surface area contributed by atoms with Gasteiger partial charge in [-0.15, -0.1) is 11.3 Å². The Morgan fingerprint density at radius 1 is 1.29 bits per heavy atom. The monoisotopic (exact) mass is 346 g/mol. The Morgan fingerprint density at radius 2 is 2.08 bits per heavy atom. The molecular weight excluding hydrogens is 327 g/mol. The van der Waals surface area contributed by atoms with Crippen LogP contribution in [0.1, 0.15) is 35.3 Å². The molecule has 4 nitrogen and oxygen atoms in total. The van der Waals surface area contributed by atoms with Crippen LogP contribution in [-0.4, -0.2) is 16.7 Å². The number of aliphatic hydroxyl groups excluding tert-OH is 1. The van der Waals surface area contributed by atoms with Gasteiger partial charge in [0.15, 0.2) is 0 Å². The molecule has 0 aliphatic heterocycles. The fourth-order valence-electron chi connectivity index (χ4n) is 2.65. The van der Waals surface area contributed by atoms with Crippen LogP contribution in [-0.2, 0) is 0 Å². The molecule has 0 saturated carbocycles. The standard InChI is InChI=1S/C18H19FN2O2S/c1-11(20-15(10-22)16-8-5-9-23-16)17-12(2)21-18(24-17)13-6-3-4-7-14(13)19/h3-9,11,15,20,22H,10H2,1-2H3. The summed E-state index contributed by atoms with van der Waals surface area (Å²) in [7, 11) is 0. The van der Waals surface area contributed by atoms with E-state index in [1.54, 1.807) is 30.5 Å². The van der Waals surface area contributed by atoms with Crippen LogP contribution in [0.3, 0.4) is 0 Å². The van der Waals surface area contributed by atoms with Crippen LogP contribution in [0.15, 0.2) is 47.1 Å². The van der Waals surface area contributed by atoms with E-state index in [2.05, 4.69) is 10.3 Å². The number of aryl methyl sites for hydroxylation is 1. The van der Waals surface area contributed by atoms with Crippen molar-refractivity contribution < 1.29 is 13.9 Å². The van der Waals surface area contributed by atoms with E-state index in [-0.39, 0.29) is 24.5 Å². The molecule has 0 aliphatic rings. The van der Waals surface area contributed by atoms with Crippen molar-refractivity contribution in [3.63, 3.8) is 0 Å². The van der Waals surface area contributed by atoms with Gasteiger partial charge < -0.3 is 9.52 Å². The summed E-state index contributed by atoms with van der Waals surface area (Å²) < 4.78 is 19.3. The van der Waals surface area contributed by atoms with Crippen molar-refractivity contribution in [2.75, 3.05) is 6.61 Å². The maximum Gasteiger partial charge on any atom is 0.133 e. The second-order valence-electron chi connectivity index (χ2n) is 5.59. The molecule has 126 valence electrons. The summed E-state index contributed by atoms with van der Waals surface area (Å²) in [6.07, 6.45) is 1.58. The lowest BCUT2D eigenvalue weighted by atomic mass is 10.1. The van der Waals surface area contributed by atoms with Gasteiger partial charge in [0.2, 0.25) is 0 Å². The summed E-state index contributed by atoms with van der Waals surface area (Å²) in [5.41, 5.74) is 1.36. The number of thiazole rings is 1. The van der Waals surface area contributed by atoms with E-state index >= 15 is 0 Å². The predicted octanol–water partition coefficient (Wildman–Crippen LogP) is 4.23. The topological polar surface area (TPSA) is 58.3 Å². The Kier molecular flexibility index (Phi) is 5.08. The van der Waals surface area contributed by atoms with E-state index in [0.29, 0.717) is 16.3 Å². The maximum absolute atomic E-state index is 14.0. The van der Waals surface area contributed by atoms with Gasteiger partial charge in [-0.25, -0.2) is 9.37 Å². The second-order valence-corrected chi connectivity index (χ2v) is 6.62. The van der Waals surface area contributed by atoms with Gasteiger partial charge in [-0.05, 0) is 38.1 Å². The van der Waals surface area contributed by atoms with Crippen LogP contribution in [0.4, 0.5) is 4.39 Å². The van der Waals surface area contributed by atoms with E-state index in [1.165, 1.54) is 17.4 Å². The van der Waals surface area contributed by atoms with Gasteiger partial charge in [-0.3, -0.25) is 5.32 Å². The van der Waals surface area contributed by atoms with Crippen LogP contribution in [0.5, 0.6) is 0 Å². The molecule has 2 N–H and O–H groups in total. The SMILES string of the molecule is Cc1nc(-c2ccccc2F)sc1C(C)NC(CO)c1ccco1. The van der Waals surface area contributed by atoms with Crippen molar-refractivity contribution in [1.82, 2.24) is 10.3 Å². The highest BCUT2D eigenvalue weighted by atomic mass is 32.1. The number of rotatable bonds is 6. The summed E-state index contributed by atoms with van der Waals surface area (Å²) in [4.78, 5) is 5.52. The van der Waals surface area contributed by atoms with Gasteiger partial charge in [0, 0.05) is 16.5 Å². The molecule has 0 fully saturated rings. The fraction of sp³-hybridized carbons (Fsp3) is 0.278. The predicted molar refractivity (Wildman–Crippen MR) is 92.3 cm³/mol. The first-order chi connectivity index (χ1) is 11.6. The molecule has 0 saturated heterocycles. The lowest BCUT2D eigenvalue weighted by Crippen LogP contribution is -2.26. The van der Waals surface area contributed by atoms with E-state index < -0.39 is 0 Å². The van der Waals surface area contributed by atoms with E-state index in [4.69, 9.17) is 4.42 Å². The van der Waals surface area contributed by atoms with Crippen LogP contribution in [0.25, 0.3) is 10.6 Å². The van der Waals surface area contributed by atoms with E-state index in [1.807, 2.05) is 19.9 Å². The van der Waals surface area contributed by atoms with Crippen molar-refractivity contribution in [3.05, 3.63) is 64.8 Å². The zero-order valence-corrected chi connectivity index (χ0v) is 14.3. The smallest absolute Gasteiger partial charge is 0.133 e. The third-order valence-corrected chi connectivity index (χ3v) is 5.22. The number of furan rings is 1. The van der Waals surface area contributed by atoms with Gasteiger partial charge in [-0.1, -0.05) is 12.1 Å². The summed E-state index contributed by atoms with van der Waals surface area (Å²) in [5.74, 6) is 0.406. The molecule has 0 amide bonds. The molecule has 0 spiro atoms. The Labute approximate surface area is 144 Å². The third-order valence-electron chi connectivity index (χ3n) is 3.85. The lowest BCUT2D eigenvalue weighted by Gasteiger charge is -2.19. The number of aliphatic hydroxyl groups is 1. The van der Waals surface area contributed by atoms with Gasteiger partial charge >= 0.3 is 0 Å². The van der Waals surface area contributed by atoms with Crippen molar-refractivity contribution >= 4 is 11.3 Å². The van der Waals surface area contributed by atoms with Crippen molar-refractivity contribution in [2.24, 2.45) is 0 Å². The molecule has 0 radical (unpaired) electrons. The average molecular weight is 346 g/mol. The minimum atomic E-state index is -0.298. The highest BCUT2D eigenvalue weighted by molar-refractivity contribution is 7.15. The van der Waals surface area contributed by atoms with Gasteiger partial charge in [0.25, 0.3) is 0 Å². The maximum atomic E-state index is 14.0. The molecule has 3 rings (SSSR count). The highest BCUT2D eigenvalue weighted by Gasteiger charge is 2.21. The molecule has 24 heavy (non-hydrogen) atoms. The third kappa shape index (κ3) is 3.40. The van der Waals surface area contributed by atoms with E-state index in [0.717, 1.165) is 10.6 Å². The molecule has 6 heteroatoms. The molecule has 2 heterocycles. The first kappa shape index (κ1) is 16.8. The zero-order chi connectivity index (χ0) is 17.1. The Morgan fingerprint density at radius 3 is 2.75 bits per heavy atom. The number of nitrogens with one attached hydrogen (secondary N) is 1. The molecule has 1 aromatic carbocycles. The van der Waals surface area contributed by atoms with Crippen LogP contribution < -0.4 is 5.32 Å². The number of nitrogens with zero attached hydrogens (tertiary/aromatic N) is 1. The van der Waals surface area contributed by atoms with Crippen molar-refractivity contribution in [2.45, 2.75) is 25.9 Å². The molecular formula is C18H19FN2O2S. The highest BCUT2D eigenvalue weighted by Crippen LogP contribution is 2.33. The van der Waals surface area contributed by atoms with Crippen molar-refractivity contribution in [3.8, 4) is 10.6 Å². The number of aromatic nitrogens is 1. The summed E-state index contributed by atoms with van der Waals surface area (Å²) in [6, 6.07) is 9.90. The molecule has 3 aromatic rings. The fourth-order valence-corrected chi connectivity index (χ4v) is 3.76. The second kappa shape index (κ2) is 7.25. The number of halogens is 1. The Bertz CT molecular complexity index is 801. The molecule has 0 bridgehead atoms. The normalized spacial score (nSPS) is 13.8. The Hall–Kier alpha value is -2.02. The molecule has 2 atom stereocenters. The number of hydrogen-bond acceptors (Lipinski definition) is 5. The van der Waals surface area contributed by atoms with Gasteiger partial charge in [-0.2, -0.15) is 0 Å². The summed E-state index contributed by atoms with van der Waals surface area (Å²) in [6.45, 7) is 3.84. The van der Waals surface area contributed by atoms with Crippen LogP contribution in [0, 0.1) is 12.7 Å². The molecule has 2 aromatic heterocycles. The summed E-state index contributed by atoms with van der Waals surface area (Å²) in [5, 5.41) is 13.6. The molecule has 0 aliphatic carbocycles. The minimum absolute atomic E-state index is 0.0507. The van der Waals surface area contributed by atoms with E-state index in [9.17, 15) is 9.50 Å². The summed E-state index contributed by atoms with van der Waals surface area (Å²) >= 11 is 1.46. The Balaban J connectivity index is 1.83. The van der Waals surface area contributed by atoms with Gasteiger partial charge in [0.1, 0.15) is 16.6 Å². The first-order valence-electron chi connectivity index (χ1n) is 7.72. The first-order valence-corrected chi connectivity index (χ1v) is 8.54. The lowest BCUT2D eigenvalue weighted by molar-refractivity contribution is 0.217. The van der Waals surface area contributed by atoms with Crippen LogP contribution in [0.2, 0.25) is 0 Å². The van der Waals surface area contributed by atoms with Crippen molar-refractivity contribution in [1.29, 1.82) is 0 Å². The quantitative estimate of drug-likeness (QED) is 0.701. The average Bonchev–Trinajstić information content (AvgIpc) is 3.22. The molecule has 2 unspecified atom stereocenters. The number of hydrogen-bond donors (Lipinski definition) is 2. The van der Waals surface area contributed by atoms with Crippen LogP contribution >= 0.6 is 11.3 Å². The number of benzene rings is 1. The zero-order valence-electron chi connectivity index (χ0n) is 13.5.